The predicted molar refractivity (Wildman–Crippen MR) is 100 cm³/mol. The van der Waals surface area contributed by atoms with E-state index in [-0.39, 0.29) is 5.91 Å². The molecule has 128 valence electrons. The fourth-order valence-corrected chi connectivity index (χ4v) is 3.63. The molecule has 4 heteroatoms. The van der Waals surface area contributed by atoms with Crippen molar-refractivity contribution in [2.75, 3.05) is 13.1 Å². The van der Waals surface area contributed by atoms with Crippen molar-refractivity contribution in [2.45, 2.75) is 26.7 Å². The van der Waals surface area contributed by atoms with E-state index in [1.165, 1.54) is 0 Å². The standard InChI is InChI=1S/C21H23N3O/c1-15-10-12-23(13-11-15)21(25)17-8-9-20-19(14-17)22-16(2)24(20)18-6-4-3-5-7-18/h3-9,14-15H,10-13H2,1-2H3. The molecular formula is C21H23N3O. The van der Waals surface area contributed by atoms with Crippen molar-refractivity contribution in [3.05, 3.63) is 59.9 Å². The van der Waals surface area contributed by atoms with Gasteiger partial charge in [-0.25, -0.2) is 4.98 Å². The zero-order valence-corrected chi connectivity index (χ0v) is 14.8. The van der Waals surface area contributed by atoms with Gasteiger partial charge in [-0.15, -0.1) is 0 Å². The lowest BCUT2D eigenvalue weighted by atomic mass is 9.98. The summed E-state index contributed by atoms with van der Waals surface area (Å²) >= 11 is 0. The lowest BCUT2D eigenvalue weighted by molar-refractivity contribution is 0.0697. The quantitative estimate of drug-likeness (QED) is 0.705. The molecule has 1 aromatic heterocycles. The molecular weight excluding hydrogens is 310 g/mol. The van der Waals surface area contributed by atoms with Crippen molar-refractivity contribution >= 4 is 16.9 Å². The van der Waals surface area contributed by atoms with Crippen LogP contribution in [0.2, 0.25) is 0 Å². The van der Waals surface area contributed by atoms with Crippen molar-refractivity contribution in [1.29, 1.82) is 0 Å². The van der Waals surface area contributed by atoms with Gasteiger partial charge in [0.05, 0.1) is 11.0 Å². The number of imidazole rings is 1. The van der Waals surface area contributed by atoms with Crippen molar-refractivity contribution in [3.63, 3.8) is 0 Å². The fourth-order valence-electron chi connectivity index (χ4n) is 3.63. The molecule has 4 nitrogen and oxygen atoms in total. The number of fused-ring (bicyclic) bond motifs is 1. The van der Waals surface area contributed by atoms with Crippen molar-refractivity contribution in [1.82, 2.24) is 14.5 Å². The third-order valence-electron chi connectivity index (χ3n) is 5.15. The van der Waals surface area contributed by atoms with Crippen molar-refractivity contribution in [3.8, 4) is 5.69 Å². The largest absolute Gasteiger partial charge is 0.339 e. The summed E-state index contributed by atoms with van der Waals surface area (Å²) in [6.45, 7) is 5.97. The van der Waals surface area contributed by atoms with Gasteiger partial charge < -0.3 is 4.90 Å². The van der Waals surface area contributed by atoms with Crippen LogP contribution in [0.15, 0.2) is 48.5 Å². The molecule has 0 N–H and O–H groups in total. The van der Waals surface area contributed by atoms with Gasteiger partial charge in [0.1, 0.15) is 5.82 Å². The highest BCUT2D eigenvalue weighted by Crippen LogP contribution is 2.24. The monoisotopic (exact) mass is 333 g/mol. The second-order valence-corrected chi connectivity index (χ2v) is 7.01. The van der Waals surface area contributed by atoms with E-state index in [1.807, 2.05) is 48.2 Å². The van der Waals surface area contributed by atoms with Crippen molar-refractivity contribution in [2.24, 2.45) is 5.92 Å². The summed E-state index contributed by atoms with van der Waals surface area (Å²) in [7, 11) is 0. The van der Waals surface area contributed by atoms with Gasteiger partial charge in [0, 0.05) is 24.3 Å². The zero-order chi connectivity index (χ0) is 17.4. The summed E-state index contributed by atoms with van der Waals surface area (Å²) in [6, 6.07) is 16.1. The van der Waals surface area contributed by atoms with Crippen LogP contribution in [0.4, 0.5) is 0 Å². The summed E-state index contributed by atoms with van der Waals surface area (Å²) < 4.78 is 2.13. The molecule has 4 rings (SSSR count). The first-order valence-corrected chi connectivity index (χ1v) is 8.97. The minimum atomic E-state index is 0.126. The average Bonchev–Trinajstić information content (AvgIpc) is 2.97. The number of amides is 1. The smallest absolute Gasteiger partial charge is 0.253 e. The molecule has 1 saturated heterocycles. The Labute approximate surface area is 148 Å². The average molecular weight is 333 g/mol. The third-order valence-corrected chi connectivity index (χ3v) is 5.15. The molecule has 0 aliphatic carbocycles. The van der Waals surface area contributed by atoms with Crippen LogP contribution in [0.5, 0.6) is 0 Å². The topological polar surface area (TPSA) is 38.1 Å². The molecule has 0 saturated carbocycles. The molecule has 0 bridgehead atoms. The van der Waals surface area contributed by atoms with E-state index in [4.69, 9.17) is 0 Å². The number of carbonyl (C=O) groups excluding carboxylic acids is 1. The maximum absolute atomic E-state index is 12.8. The summed E-state index contributed by atoms with van der Waals surface area (Å²) in [6.07, 6.45) is 2.19. The lowest BCUT2D eigenvalue weighted by Gasteiger charge is -2.30. The van der Waals surface area contributed by atoms with E-state index in [0.717, 1.165) is 60.0 Å². The fraction of sp³-hybridized carbons (Fsp3) is 0.333. The molecule has 2 heterocycles. The van der Waals surface area contributed by atoms with Crippen LogP contribution in [0, 0.1) is 12.8 Å². The first-order chi connectivity index (χ1) is 12.1. The van der Waals surface area contributed by atoms with E-state index < -0.39 is 0 Å². The third kappa shape index (κ3) is 2.93. The maximum Gasteiger partial charge on any atom is 0.253 e. The highest BCUT2D eigenvalue weighted by atomic mass is 16.2. The van der Waals surface area contributed by atoms with E-state index in [2.05, 4.69) is 28.6 Å². The Bertz CT molecular complexity index is 906. The molecule has 1 aliphatic heterocycles. The number of para-hydroxylation sites is 1. The SMILES string of the molecule is Cc1nc2cc(C(=O)N3CCC(C)CC3)ccc2n1-c1ccccc1. The molecule has 0 unspecified atom stereocenters. The molecule has 2 aromatic carbocycles. The number of nitrogens with zero attached hydrogens (tertiary/aromatic N) is 3. The van der Waals surface area contributed by atoms with Crippen LogP contribution in [0.3, 0.4) is 0 Å². The van der Waals surface area contributed by atoms with Crippen LogP contribution in [0.1, 0.15) is 35.9 Å². The molecule has 0 atom stereocenters. The summed E-state index contributed by atoms with van der Waals surface area (Å²) in [4.78, 5) is 19.5. The maximum atomic E-state index is 12.8. The molecule has 1 amide bonds. The first-order valence-electron chi connectivity index (χ1n) is 8.97. The lowest BCUT2D eigenvalue weighted by Crippen LogP contribution is -2.37. The molecule has 0 radical (unpaired) electrons. The number of aromatic nitrogens is 2. The van der Waals surface area contributed by atoms with E-state index in [9.17, 15) is 4.79 Å². The van der Waals surface area contributed by atoms with Gasteiger partial charge in [0.25, 0.3) is 5.91 Å². The Hall–Kier alpha value is -2.62. The zero-order valence-electron chi connectivity index (χ0n) is 14.8. The molecule has 1 fully saturated rings. The highest BCUT2D eigenvalue weighted by Gasteiger charge is 2.22. The number of piperidine rings is 1. The number of benzene rings is 2. The summed E-state index contributed by atoms with van der Waals surface area (Å²) in [5.41, 5.74) is 3.73. The van der Waals surface area contributed by atoms with E-state index in [0.29, 0.717) is 0 Å². The number of rotatable bonds is 2. The number of hydrogen-bond acceptors (Lipinski definition) is 2. The van der Waals surface area contributed by atoms with Gasteiger partial charge >= 0.3 is 0 Å². The molecule has 3 aromatic rings. The van der Waals surface area contributed by atoms with Crippen LogP contribution in [0.25, 0.3) is 16.7 Å². The highest BCUT2D eigenvalue weighted by molar-refractivity contribution is 5.97. The number of hydrogen-bond donors (Lipinski definition) is 0. The van der Waals surface area contributed by atoms with Gasteiger partial charge in [0.15, 0.2) is 0 Å². The minimum Gasteiger partial charge on any atom is -0.339 e. The Morgan fingerprint density at radius 2 is 1.80 bits per heavy atom. The Morgan fingerprint density at radius 1 is 1.08 bits per heavy atom. The second-order valence-electron chi connectivity index (χ2n) is 7.01. The summed E-state index contributed by atoms with van der Waals surface area (Å²) in [5, 5.41) is 0. The second kappa shape index (κ2) is 6.36. The van der Waals surface area contributed by atoms with Crippen LogP contribution >= 0.6 is 0 Å². The Balaban J connectivity index is 1.69. The first kappa shape index (κ1) is 15.9. The predicted octanol–water partition coefficient (Wildman–Crippen LogP) is 4.21. The van der Waals surface area contributed by atoms with Crippen LogP contribution in [-0.4, -0.2) is 33.4 Å². The Kier molecular flexibility index (Phi) is 4.04. The summed E-state index contributed by atoms with van der Waals surface area (Å²) in [5.74, 6) is 1.77. The van der Waals surface area contributed by atoms with Gasteiger partial charge in [-0.1, -0.05) is 25.1 Å². The number of aryl methyl sites for hydroxylation is 1. The molecule has 1 aliphatic rings. The number of likely N-dealkylation sites (tertiary alicyclic amines) is 1. The van der Waals surface area contributed by atoms with Crippen LogP contribution in [-0.2, 0) is 0 Å². The normalized spacial score (nSPS) is 15.7. The minimum absolute atomic E-state index is 0.126. The van der Waals surface area contributed by atoms with Gasteiger partial charge in [-0.05, 0) is 56.0 Å². The van der Waals surface area contributed by atoms with E-state index in [1.54, 1.807) is 0 Å². The van der Waals surface area contributed by atoms with Gasteiger partial charge in [-0.3, -0.25) is 9.36 Å². The molecule has 25 heavy (non-hydrogen) atoms. The number of carbonyl (C=O) groups is 1. The van der Waals surface area contributed by atoms with Gasteiger partial charge in [0.2, 0.25) is 0 Å². The Morgan fingerprint density at radius 3 is 2.52 bits per heavy atom. The van der Waals surface area contributed by atoms with Gasteiger partial charge in [-0.2, -0.15) is 0 Å². The van der Waals surface area contributed by atoms with Crippen LogP contribution < -0.4 is 0 Å². The van der Waals surface area contributed by atoms with E-state index >= 15 is 0 Å². The molecule has 0 spiro atoms. The van der Waals surface area contributed by atoms with Crippen molar-refractivity contribution < 1.29 is 4.79 Å².